The number of aryl methyl sites for hydroxylation is 1. The van der Waals surface area contributed by atoms with Crippen molar-refractivity contribution in [1.29, 1.82) is 0 Å². The highest BCUT2D eigenvalue weighted by atomic mass is 19.1. The van der Waals surface area contributed by atoms with Crippen molar-refractivity contribution in [2.24, 2.45) is 12.8 Å². The van der Waals surface area contributed by atoms with Gasteiger partial charge >= 0.3 is 0 Å². The molecule has 2 aromatic heterocycles. The van der Waals surface area contributed by atoms with Gasteiger partial charge in [0.2, 0.25) is 5.91 Å². The van der Waals surface area contributed by atoms with Gasteiger partial charge in [0.05, 0.1) is 23.3 Å². The number of benzene rings is 2. The van der Waals surface area contributed by atoms with Crippen LogP contribution in [0.3, 0.4) is 0 Å². The zero-order valence-electron chi connectivity index (χ0n) is 17.5. The van der Waals surface area contributed by atoms with E-state index in [1.165, 1.54) is 18.2 Å². The van der Waals surface area contributed by atoms with Gasteiger partial charge in [-0.3, -0.25) is 9.48 Å². The Hall–Kier alpha value is -3.55. The average Bonchev–Trinajstić information content (AvgIpc) is 3.25. The largest absolute Gasteiger partial charge is 0.369 e. The van der Waals surface area contributed by atoms with Gasteiger partial charge in [0, 0.05) is 24.7 Å². The molecule has 0 aliphatic heterocycles. The van der Waals surface area contributed by atoms with Crippen molar-refractivity contribution < 1.29 is 18.0 Å². The molecule has 4 aromatic rings. The Balaban J connectivity index is 0.000000207. The fourth-order valence-corrected chi connectivity index (χ4v) is 3.94. The number of nitrogens with one attached hydrogen (secondary N) is 1. The lowest BCUT2D eigenvalue weighted by atomic mass is 9.78. The van der Waals surface area contributed by atoms with Crippen molar-refractivity contribution in [3.05, 3.63) is 77.4 Å². The number of nitrogens with zero attached hydrogens (tertiary/aromatic N) is 2. The number of amides is 1. The van der Waals surface area contributed by atoms with E-state index in [1.807, 2.05) is 0 Å². The van der Waals surface area contributed by atoms with E-state index in [0.717, 1.165) is 47.8 Å². The van der Waals surface area contributed by atoms with Crippen molar-refractivity contribution in [3.8, 4) is 11.3 Å². The molecule has 32 heavy (non-hydrogen) atoms. The molecule has 0 unspecified atom stereocenters. The molecular formula is C24H23F3N4O. The predicted octanol–water partition coefficient (Wildman–Crippen LogP) is 4.97. The number of carbonyl (C=O) groups is 1. The molecule has 0 saturated heterocycles. The Morgan fingerprint density at radius 1 is 1.12 bits per heavy atom. The summed E-state index contributed by atoms with van der Waals surface area (Å²) in [6.07, 6.45) is 5.15. The maximum atomic E-state index is 14.1. The van der Waals surface area contributed by atoms with E-state index in [2.05, 4.69) is 10.1 Å². The quantitative estimate of drug-likeness (QED) is 0.470. The number of halogens is 3. The number of aromatic amines is 1. The molecule has 0 atom stereocenters. The zero-order chi connectivity index (χ0) is 22.8. The van der Waals surface area contributed by atoms with Crippen LogP contribution in [-0.4, -0.2) is 20.7 Å². The van der Waals surface area contributed by atoms with Crippen LogP contribution in [0, 0.1) is 17.5 Å². The molecule has 5 nitrogen and oxygen atoms in total. The number of primary amides is 1. The first-order valence-corrected chi connectivity index (χ1v) is 10.3. The molecule has 1 aliphatic carbocycles. The lowest BCUT2D eigenvalue weighted by molar-refractivity contribution is -0.117. The second-order valence-electron chi connectivity index (χ2n) is 7.98. The van der Waals surface area contributed by atoms with Crippen molar-refractivity contribution >= 4 is 16.8 Å². The molecule has 0 radical (unpaired) electrons. The molecule has 2 heterocycles. The van der Waals surface area contributed by atoms with E-state index >= 15 is 0 Å². The number of rotatable bonds is 4. The average molecular weight is 440 g/mol. The summed E-state index contributed by atoms with van der Waals surface area (Å²) in [6.45, 7) is 0. The van der Waals surface area contributed by atoms with Crippen molar-refractivity contribution in [3.63, 3.8) is 0 Å². The predicted molar refractivity (Wildman–Crippen MR) is 116 cm³/mol. The van der Waals surface area contributed by atoms with Gasteiger partial charge in [0.15, 0.2) is 0 Å². The highest BCUT2D eigenvalue weighted by Gasteiger charge is 2.27. The van der Waals surface area contributed by atoms with Crippen LogP contribution in [0.5, 0.6) is 0 Å². The molecule has 2 aromatic carbocycles. The van der Waals surface area contributed by atoms with Gasteiger partial charge in [-0.05, 0) is 66.3 Å². The van der Waals surface area contributed by atoms with Gasteiger partial charge in [-0.25, -0.2) is 13.2 Å². The van der Waals surface area contributed by atoms with E-state index in [9.17, 15) is 18.0 Å². The SMILES string of the molecule is Cn1ccc(CC(N)=O)n1.Fc1ccc(-c2[nH]c3c(F)cc(F)cc3c2C2CCC2)cc1. The number of nitrogens with two attached hydrogens (primary N) is 1. The standard InChI is InChI=1S/C18H14F3N.C6H9N3O/c19-12-6-4-11(5-7-12)17-16(10-2-1-3-10)14-8-13(20)9-15(21)18(14)22-17;1-9-3-2-5(8-9)4-6(7)10/h4-10,22H,1-3H2;2-3H,4H2,1H3,(H2,7,10). The normalized spacial score (nSPS) is 13.5. The minimum atomic E-state index is -0.594. The molecule has 8 heteroatoms. The van der Waals surface area contributed by atoms with Gasteiger partial charge in [-0.1, -0.05) is 6.42 Å². The number of carbonyl (C=O) groups excluding carboxylic acids is 1. The summed E-state index contributed by atoms with van der Waals surface area (Å²) in [5.41, 5.74) is 8.49. The van der Waals surface area contributed by atoms with Crippen molar-refractivity contribution in [2.75, 3.05) is 0 Å². The third-order valence-electron chi connectivity index (χ3n) is 5.64. The van der Waals surface area contributed by atoms with E-state index in [0.29, 0.717) is 16.8 Å². The Kier molecular flexibility index (Phi) is 6.03. The van der Waals surface area contributed by atoms with E-state index in [-0.39, 0.29) is 18.1 Å². The summed E-state index contributed by atoms with van der Waals surface area (Å²) in [6, 6.07) is 10.1. The van der Waals surface area contributed by atoms with Gasteiger partial charge in [-0.15, -0.1) is 0 Å². The highest BCUT2D eigenvalue weighted by molar-refractivity contribution is 5.92. The first-order valence-electron chi connectivity index (χ1n) is 10.3. The van der Waals surface area contributed by atoms with Gasteiger partial charge in [0.25, 0.3) is 0 Å². The fraction of sp³-hybridized carbons (Fsp3) is 0.250. The van der Waals surface area contributed by atoms with Gasteiger partial charge < -0.3 is 10.7 Å². The molecule has 1 saturated carbocycles. The lowest BCUT2D eigenvalue weighted by Gasteiger charge is -2.26. The lowest BCUT2D eigenvalue weighted by Crippen LogP contribution is -2.14. The Bertz CT molecular complexity index is 1260. The molecular weight excluding hydrogens is 417 g/mol. The minimum Gasteiger partial charge on any atom is -0.369 e. The zero-order valence-corrected chi connectivity index (χ0v) is 17.5. The van der Waals surface area contributed by atoms with E-state index in [1.54, 1.807) is 36.1 Å². The third-order valence-corrected chi connectivity index (χ3v) is 5.64. The van der Waals surface area contributed by atoms with Gasteiger partial charge in [0.1, 0.15) is 17.5 Å². The van der Waals surface area contributed by atoms with Crippen LogP contribution in [-0.2, 0) is 18.3 Å². The third kappa shape index (κ3) is 4.54. The number of aromatic nitrogens is 3. The van der Waals surface area contributed by atoms with Gasteiger partial charge in [-0.2, -0.15) is 5.10 Å². The molecule has 166 valence electrons. The fourth-order valence-electron chi connectivity index (χ4n) is 3.94. The summed E-state index contributed by atoms with van der Waals surface area (Å²) in [4.78, 5) is 13.4. The first-order chi connectivity index (χ1) is 15.3. The Morgan fingerprint density at radius 3 is 2.41 bits per heavy atom. The maximum absolute atomic E-state index is 14.1. The molecule has 0 spiro atoms. The highest BCUT2D eigenvalue weighted by Crippen LogP contribution is 2.45. The number of fused-ring (bicyclic) bond motifs is 1. The molecule has 5 rings (SSSR count). The topological polar surface area (TPSA) is 76.7 Å². The van der Waals surface area contributed by atoms with Crippen LogP contribution >= 0.6 is 0 Å². The number of hydrogen-bond donors (Lipinski definition) is 2. The Labute approximate surface area is 183 Å². The first kappa shape index (κ1) is 21.7. The summed E-state index contributed by atoms with van der Waals surface area (Å²) < 4.78 is 42.5. The van der Waals surface area contributed by atoms with Crippen LogP contribution in [0.15, 0.2) is 48.7 Å². The summed E-state index contributed by atoms with van der Waals surface area (Å²) in [5.74, 6) is -1.53. The van der Waals surface area contributed by atoms with Crippen LogP contribution < -0.4 is 5.73 Å². The van der Waals surface area contributed by atoms with E-state index < -0.39 is 11.6 Å². The maximum Gasteiger partial charge on any atom is 0.223 e. The summed E-state index contributed by atoms with van der Waals surface area (Å²) in [5, 5.41) is 4.57. The van der Waals surface area contributed by atoms with E-state index in [4.69, 9.17) is 5.73 Å². The molecule has 1 aliphatic rings. The van der Waals surface area contributed by atoms with Crippen LogP contribution in [0.25, 0.3) is 22.2 Å². The van der Waals surface area contributed by atoms with Crippen LogP contribution in [0.1, 0.15) is 36.4 Å². The molecule has 1 fully saturated rings. The Morgan fingerprint density at radius 2 is 1.84 bits per heavy atom. The number of hydrogen-bond acceptors (Lipinski definition) is 2. The minimum absolute atomic E-state index is 0.223. The van der Waals surface area contributed by atoms with Crippen LogP contribution in [0.4, 0.5) is 13.2 Å². The summed E-state index contributed by atoms with van der Waals surface area (Å²) >= 11 is 0. The summed E-state index contributed by atoms with van der Waals surface area (Å²) in [7, 11) is 1.80. The second kappa shape index (κ2) is 8.90. The monoisotopic (exact) mass is 440 g/mol. The molecule has 1 amide bonds. The van der Waals surface area contributed by atoms with Crippen LogP contribution in [0.2, 0.25) is 0 Å². The van der Waals surface area contributed by atoms with Crippen molar-refractivity contribution in [2.45, 2.75) is 31.6 Å². The smallest absolute Gasteiger partial charge is 0.223 e. The number of H-pyrrole nitrogens is 1. The molecule has 3 N–H and O–H groups in total. The second-order valence-corrected chi connectivity index (χ2v) is 7.98. The molecule has 0 bridgehead atoms. The van der Waals surface area contributed by atoms with Crippen molar-refractivity contribution in [1.82, 2.24) is 14.8 Å².